The number of fused-ring (bicyclic) bond motifs is 3. The lowest BCUT2D eigenvalue weighted by Crippen LogP contribution is -2.42. The normalized spacial score (nSPS) is 14.9. The molecule has 0 aliphatic carbocycles. The highest BCUT2D eigenvalue weighted by Crippen LogP contribution is 2.33. The van der Waals surface area contributed by atoms with E-state index < -0.39 is 52.1 Å². The Morgan fingerprint density at radius 3 is 1.63 bits per heavy atom. The van der Waals surface area contributed by atoms with E-state index >= 15 is 0 Å². The summed E-state index contributed by atoms with van der Waals surface area (Å²) >= 11 is 0. The smallest absolute Gasteiger partial charge is 0.376 e. The SMILES string of the molecule is C(=C/c1cccc2c1CCNCC2)/c1ccccc1.Cl.O=C(N1CCc2cccc(C#Cc3ccccc3)c2CC1)C(F)(F)F.O=C(N1CCc2cccc(OS(=O)(=O)C(F)(F)F)c2CC1)C(F)(F)F. The first-order chi connectivity index (χ1) is 32.7. The van der Waals surface area contributed by atoms with Gasteiger partial charge in [0.25, 0.3) is 0 Å². The molecule has 0 fully saturated rings. The van der Waals surface area contributed by atoms with Gasteiger partial charge in [-0.2, -0.15) is 47.9 Å². The van der Waals surface area contributed by atoms with Crippen molar-refractivity contribution < 1.29 is 61.7 Å². The molecule has 0 aromatic heterocycles. The second kappa shape index (κ2) is 24.0. The fraction of sp³-hybridized carbons (Fsp3) is 0.294. The lowest BCUT2D eigenvalue weighted by Gasteiger charge is -2.21. The number of alkyl halides is 9. The second-order valence-electron chi connectivity index (χ2n) is 16.0. The predicted octanol–water partition coefficient (Wildman–Crippen LogP) is 9.95. The van der Waals surface area contributed by atoms with Gasteiger partial charge in [-0.3, -0.25) is 9.59 Å². The van der Waals surface area contributed by atoms with Gasteiger partial charge in [-0.25, -0.2) is 0 Å². The fourth-order valence-corrected chi connectivity index (χ4v) is 8.46. The molecule has 8 nitrogen and oxygen atoms in total. The van der Waals surface area contributed by atoms with Gasteiger partial charge in [0.15, 0.2) is 0 Å². The Hall–Kier alpha value is -6.29. The Bertz CT molecular complexity index is 2790. The summed E-state index contributed by atoms with van der Waals surface area (Å²) in [7, 11) is -5.91. The van der Waals surface area contributed by atoms with Gasteiger partial charge in [0.1, 0.15) is 5.75 Å². The molecule has 0 radical (unpaired) electrons. The van der Waals surface area contributed by atoms with Crippen LogP contribution in [0.5, 0.6) is 5.75 Å². The van der Waals surface area contributed by atoms with E-state index in [1.165, 1.54) is 34.4 Å². The molecule has 0 atom stereocenters. The van der Waals surface area contributed by atoms with Crippen LogP contribution >= 0.6 is 12.4 Å². The summed E-state index contributed by atoms with van der Waals surface area (Å²) in [6.45, 7) is 1.57. The monoisotopic (exact) mass is 1020 g/mol. The van der Waals surface area contributed by atoms with Crippen molar-refractivity contribution in [2.45, 2.75) is 56.4 Å². The van der Waals surface area contributed by atoms with Crippen LogP contribution in [0.25, 0.3) is 12.2 Å². The molecule has 19 heteroatoms. The number of rotatable bonds is 4. The zero-order valence-corrected chi connectivity index (χ0v) is 38.9. The molecule has 5 aromatic carbocycles. The molecule has 0 saturated heterocycles. The Labute approximate surface area is 406 Å². The molecule has 2 amide bonds. The number of hydrogen-bond acceptors (Lipinski definition) is 6. The first kappa shape index (κ1) is 54.6. The standard InChI is InChI=1S/C20H16F3NO.C18H19N.C13H11F6NO4S.ClH/c21-20(22,23)19(25)24-13-11-17-8-4-7-16(18(17)12-14-24)10-9-15-5-2-1-3-6-15;1-2-5-15(6-3-1)9-10-16-7-4-8-17-11-13-19-14-12-18(16)17;14-12(15,16)11(21)20-6-4-8-2-1-3-10(9(8)5-7-20)24-25(22,23)13(17,18)19;/h1-8H,11-14H2;1-10,19H,11-14H2;1-3H,4-7H2;1H/b;10-9-;;. The molecule has 372 valence electrons. The maximum Gasteiger partial charge on any atom is 0.534 e. The molecule has 70 heavy (non-hydrogen) atoms. The number of nitrogens with zero attached hydrogens (tertiary/aromatic N) is 2. The third-order valence-electron chi connectivity index (χ3n) is 11.4. The third-order valence-corrected chi connectivity index (χ3v) is 12.4. The van der Waals surface area contributed by atoms with E-state index in [1.54, 1.807) is 0 Å². The van der Waals surface area contributed by atoms with Gasteiger partial charge >= 0.3 is 39.8 Å². The molecule has 3 aliphatic rings. The van der Waals surface area contributed by atoms with Gasteiger partial charge in [0.2, 0.25) is 0 Å². The number of amides is 2. The molecule has 0 spiro atoms. The summed E-state index contributed by atoms with van der Waals surface area (Å²) in [6.07, 6.45) is -2.77. The molecular weight excluding hydrogens is 973 g/mol. The average Bonchev–Trinajstić information content (AvgIpc) is 3.80. The van der Waals surface area contributed by atoms with Crippen molar-refractivity contribution >= 4 is 46.5 Å². The molecule has 3 heterocycles. The van der Waals surface area contributed by atoms with Crippen LogP contribution in [-0.2, 0) is 58.2 Å². The average molecular weight is 1020 g/mol. The Balaban J connectivity index is 0.000000196. The Morgan fingerprint density at radius 2 is 1.04 bits per heavy atom. The minimum Gasteiger partial charge on any atom is -0.376 e. The van der Waals surface area contributed by atoms with E-state index in [-0.39, 0.29) is 50.4 Å². The zero-order chi connectivity index (χ0) is 49.8. The van der Waals surface area contributed by atoms with E-state index in [0.717, 1.165) is 59.2 Å². The van der Waals surface area contributed by atoms with Crippen molar-refractivity contribution in [3.05, 3.63) is 171 Å². The van der Waals surface area contributed by atoms with Crippen molar-refractivity contribution in [3.63, 3.8) is 0 Å². The van der Waals surface area contributed by atoms with Crippen molar-refractivity contribution in [3.8, 4) is 17.6 Å². The maximum atomic E-state index is 12.7. The van der Waals surface area contributed by atoms with Crippen LogP contribution in [0.2, 0.25) is 0 Å². The van der Waals surface area contributed by atoms with Crippen LogP contribution in [0, 0.1) is 11.8 Å². The van der Waals surface area contributed by atoms with Crippen LogP contribution in [0.3, 0.4) is 0 Å². The highest BCUT2D eigenvalue weighted by atomic mass is 35.5. The van der Waals surface area contributed by atoms with E-state index in [9.17, 15) is 57.5 Å². The predicted molar refractivity (Wildman–Crippen MR) is 250 cm³/mol. The highest BCUT2D eigenvalue weighted by Gasteiger charge is 2.49. The molecule has 1 N–H and O–H groups in total. The minimum atomic E-state index is -5.91. The van der Waals surface area contributed by atoms with Gasteiger partial charge in [0.05, 0.1) is 0 Å². The van der Waals surface area contributed by atoms with Gasteiger partial charge in [-0.1, -0.05) is 115 Å². The largest absolute Gasteiger partial charge is 0.534 e. The van der Waals surface area contributed by atoms with Crippen LogP contribution < -0.4 is 9.50 Å². The quantitative estimate of drug-likeness (QED) is 0.0634. The van der Waals surface area contributed by atoms with E-state index in [0.29, 0.717) is 23.3 Å². The van der Waals surface area contributed by atoms with Crippen molar-refractivity contribution in [1.29, 1.82) is 0 Å². The maximum absolute atomic E-state index is 12.7. The number of hydrogen-bond donors (Lipinski definition) is 1. The summed E-state index contributed by atoms with van der Waals surface area (Å²) in [6, 6.07) is 35.9. The summed E-state index contributed by atoms with van der Waals surface area (Å²) in [4.78, 5) is 24.2. The molecule has 0 unspecified atom stereocenters. The Morgan fingerprint density at radius 1 is 0.543 bits per heavy atom. The fourth-order valence-electron chi connectivity index (χ4n) is 7.97. The van der Waals surface area contributed by atoms with Crippen molar-refractivity contribution in [2.24, 2.45) is 0 Å². The summed E-state index contributed by atoms with van der Waals surface area (Å²) in [5.41, 5.74) is 3.90. The number of nitrogens with one attached hydrogen (secondary N) is 1. The third kappa shape index (κ3) is 14.9. The van der Waals surface area contributed by atoms with Crippen LogP contribution in [-0.4, -0.2) is 87.2 Å². The van der Waals surface area contributed by atoms with Gasteiger partial charge in [-0.05, 0) is 115 Å². The first-order valence-electron chi connectivity index (χ1n) is 21.8. The molecule has 0 saturated carbocycles. The molecule has 3 aliphatic heterocycles. The summed E-state index contributed by atoms with van der Waals surface area (Å²) in [5, 5.41) is 3.47. The minimum absolute atomic E-state index is 0. The van der Waals surface area contributed by atoms with Crippen LogP contribution in [0.4, 0.5) is 39.5 Å². The summed E-state index contributed by atoms with van der Waals surface area (Å²) in [5.74, 6) is 1.75. The van der Waals surface area contributed by atoms with Gasteiger partial charge in [0, 0.05) is 42.9 Å². The van der Waals surface area contributed by atoms with Crippen LogP contribution in [0.1, 0.15) is 55.6 Å². The van der Waals surface area contributed by atoms with Gasteiger partial charge < -0.3 is 19.3 Å². The summed E-state index contributed by atoms with van der Waals surface area (Å²) < 4.78 is 139. The molecular formula is C51H47ClF9N3O5S. The van der Waals surface area contributed by atoms with Crippen molar-refractivity contribution in [1.82, 2.24) is 15.1 Å². The number of halogens is 10. The second-order valence-corrected chi connectivity index (χ2v) is 17.5. The van der Waals surface area contributed by atoms with E-state index in [1.807, 2.05) is 48.5 Å². The zero-order valence-electron chi connectivity index (χ0n) is 37.3. The van der Waals surface area contributed by atoms with Crippen molar-refractivity contribution in [2.75, 3.05) is 39.3 Å². The molecule has 0 bridgehead atoms. The van der Waals surface area contributed by atoms with Crippen LogP contribution in [0.15, 0.2) is 115 Å². The molecule has 5 aromatic rings. The highest BCUT2D eigenvalue weighted by molar-refractivity contribution is 7.88. The van der Waals surface area contributed by atoms with Gasteiger partial charge in [-0.15, -0.1) is 12.4 Å². The molecule has 8 rings (SSSR count). The first-order valence-corrected chi connectivity index (χ1v) is 23.2. The lowest BCUT2D eigenvalue weighted by molar-refractivity contribution is -0.185. The lowest BCUT2D eigenvalue weighted by atomic mass is 9.96. The number of benzene rings is 5. The number of carbonyl (C=O) groups is 2. The topological polar surface area (TPSA) is 96.0 Å². The number of carbonyl (C=O) groups excluding carboxylic acids is 2. The Kier molecular flexibility index (Phi) is 18.8. The van der Waals surface area contributed by atoms with E-state index in [2.05, 4.69) is 82.0 Å². The van der Waals surface area contributed by atoms with E-state index in [4.69, 9.17) is 0 Å².